The minimum atomic E-state index is -0.350. The lowest BCUT2D eigenvalue weighted by molar-refractivity contribution is 0.319. The molecule has 9 heteroatoms. The van der Waals surface area contributed by atoms with E-state index in [9.17, 15) is 10.1 Å². The summed E-state index contributed by atoms with van der Waals surface area (Å²) in [6.45, 7) is 3.87. The summed E-state index contributed by atoms with van der Waals surface area (Å²) < 4.78 is 1.64. The Morgan fingerprint density at radius 3 is 2.61 bits per heavy atom. The van der Waals surface area contributed by atoms with E-state index in [2.05, 4.69) is 25.0 Å². The molecule has 0 spiro atoms. The first-order valence-corrected chi connectivity index (χ1v) is 10.2. The Morgan fingerprint density at radius 2 is 1.97 bits per heavy atom. The Hall–Kier alpha value is -3.93. The molecule has 0 aliphatic heterocycles. The Bertz CT molecular complexity index is 1350. The largest absolute Gasteiger partial charge is 0.310 e. The van der Waals surface area contributed by atoms with Gasteiger partial charge in [0.15, 0.2) is 11.3 Å². The number of hydrogen-bond acceptors (Lipinski definition) is 7. The zero-order chi connectivity index (χ0) is 21.5. The Balaban J connectivity index is 1.61. The van der Waals surface area contributed by atoms with Crippen LogP contribution < -0.4 is 5.56 Å². The standard InChI is InChI=1S/C22H20N8O/c1-12-4-5-14(11-26-12)13(2)30-21-18(17(10-23)29-30)22(31)28-20(27-21)16-7-6-15(16)19-24-8-3-9-25-19/h3-5,8-9,11,13,15-16H,6-7H2,1-2H3,(H,27,28,31)/t13-,15-,16-/m0/s1. The van der Waals surface area contributed by atoms with Crippen molar-refractivity contribution in [2.24, 2.45) is 0 Å². The molecule has 1 fully saturated rings. The third-order valence-electron chi connectivity index (χ3n) is 6.01. The van der Waals surface area contributed by atoms with Crippen molar-refractivity contribution in [3.8, 4) is 6.07 Å². The maximum atomic E-state index is 12.9. The van der Waals surface area contributed by atoms with Crippen LogP contribution in [-0.2, 0) is 0 Å². The average molecular weight is 412 g/mol. The number of hydrogen-bond donors (Lipinski definition) is 1. The third-order valence-corrected chi connectivity index (χ3v) is 6.01. The van der Waals surface area contributed by atoms with Crippen LogP contribution in [0.25, 0.3) is 11.0 Å². The van der Waals surface area contributed by atoms with E-state index in [1.807, 2.05) is 32.0 Å². The molecule has 3 atom stereocenters. The van der Waals surface area contributed by atoms with Gasteiger partial charge in [-0.15, -0.1) is 0 Å². The van der Waals surface area contributed by atoms with Gasteiger partial charge in [-0.2, -0.15) is 10.4 Å². The fraction of sp³-hybridized carbons (Fsp3) is 0.318. The Morgan fingerprint density at radius 1 is 1.19 bits per heavy atom. The molecule has 0 bridgehead atoms. The molecule has 1 aliphatic rings. The summed E-state index contributed by atoms with van der Waals surface area (Å²) in [6, 6.07) is 7.46. The monoisotopic (exact) mass is 412 g/mol. The second-order valence-corrected chi connectivity index (χ2v) is 7.86. The summed E-state index contributed by atoms with van der Waals surface area (Å²) in [5, 5.41) is 14.2. The number of aromatic nitrogens is 7. The van der Waals surface area contributed by atoms with Crippen LogP contribution in [0.2, 0.25) is 0 Å². The predicted octanol–water partition coefficient (Wildman–Crippen LogP) is 2.76. The normalized spacial score (nSPS) is 19.0. The number of rotatable bonds is 4. The van der Waals surface area contributed by atoms with Crippen molar-refractivity contribution in [1.82, 2.24) is 34.7 Å². The van der Waals surface area contributed by atoms with Crippen molar-refractivity contribution in [3.63, 3.8) is 0 Å². The number of nitrogens with one attached hydrogen (secondary N) is 1. The Labute approximate surface area is 177 Å². The Kier molecular flexibility index (Phi) is 4.55. The highest BCUT2D eigenvalue weighted by Crippen LogP contribution is 2.46. The molecule has 9 nitrogen and oxygen atoms in total. The molecule has 4 aromatic heterocycles. The van der Waals surface area contributed by atoms with Crippen LogP contribution in [0.1, 0.15) is 66.2 Å². The van der Waals surface area contributed by atoms with Crippen LogP contribution in [-0.4, -0.2) is 34.7 Å². The molecule has 4 heterocycles. The number of pyridine rings is 1. The van der Waals surface area contributed by atoms with E-state index in [1.54, 1.807) is 29.3 Å². The van der Waals surface area contributed by atoms with E-state index in [4.69, 9.17) is 4.98 Å². The summed E-state index contributed by atoms with van der Waals surface area (Å²) in [5.74, 6) is 1.46. The SMILES string of the molecule is Cc1ccc([C@H](C)n2nc(C#N)c3c(=O)[nH]c([C@H]4CC[C@@H]4c4ncccn4)nc32)cn1. The summed E-state index contributed by atoms with van der Waals surface area (Å²) in [4.78, 5) is 33.7. The van der Waals surface area contributed by atoms with Gasteiger partial charge in [0.25, 0.3) is 5.56 Å². The van der Waals surface area contributed by atoms with Gasteiger partial charge in [-0.25, -0.2) is 19.6 Å². The number of nitriles is 1. The first-order valence-electron chi connectivity index (χ1n) is 10.2. The molecular formula is C22H20N8O. The number of H-pyrrole nitrogens is 1. The smallest absolute Gasteiger partial charge is 0.263 e. The van der Waals surface area contributed by atoms with Gasteiger partial charge in [0.05, 0.1) is 6.04 Å². The minimum Gasteiger partial charge on any atom is -0.310 e. The van der Waals surface area contributed by atoms with Crippen LogP contribution in [0.4, 0.5) is 0 Å². The molecule has 0 unspecified atom stereocenters. The highest BCUT2D eigenvalue weighted by molar-refractivity contribution is 5.80. The number of aromatic amines is 1. The van der Waals surface area contributed by atoms with Gasteiger partial charge in [0, 0.05) is 36.1 Å². The molecule has 0 aromatic carbocycles. The van der Waals surface area contributed by atoms with Crippen molar-refractivity contribution in [3.05, 3.63) is 75.7 Å². The number of aryl methyl sites for hydroxylation is 1. The maximum Gasteiger partial charge on any atom is 0.263 e. The molecule has 1 saturated carbocycles. The molecule has 1 N–H and O–H groups in total. The number of nitrogens with zero attached hydrogens (tertiary/aromatic N) is 7. The van der Waals surface area contributed by atoms with Crippen LogP contribution in [0, 0.1) is 18.3 Å². The highest BCUT2D eigenvalue weighted by Gasteiger charge is 2.37. The van der Waals surface area contributed by atoms with E-state index in [1.165, 1.54) is 0 Å². The van der Waals surface area contributed by atoms with Crippen molar-refractivity contribution in [2.75, 3.05) is 0 Å². The molecule has 31 heavy (non-hydrogen) atoms. The van der Waals surface area contributed by atoms with Crippen LogP contribution in [0.15, 0.2) is 41.6 Å². The van der Waals surface area contributed by atoms with E-state index in [0.717, 1.165) is 29.9 Å². The highest BCUT2D eigenvalue weighted by atomic mass is 16.1. The summed E-state index contributed by atoms with van der Waals surface area (Å²) in [5.41, 5.74) is 1.95. The summed E-state index contributed by atoms with van der Waals surface area (Å²) in [6.07, 6.45) is 7.05. The zero-order valence-electron chi connectivity index (χ0n) is 17.1. The van der Waals surface area contributed by atoms with E-state index in [-0.39, 0.29) is 34.5 Å². The van der Waals surface area contributed by atoms with Gasteiger partial charge < -0.3 is 4.98 Å². The topological polar surface area (TPSA) is 126 Å². The van der Waals surface area contributed by atoms with Gasteiger partial charge >= 0.3 is 0 Å². The molecule has 1 aliphatic carbocycles. The second kappa shape index (κ2) is 7.40. The van der Waals surface area contributed by atoms with E-state index < -0.39 is 0 Å². The van der Waals surface area contributed by atoms with Crippen LogP contribution in [0.3, 0.4) is 0 Å². The molecule has 0 amide bonds. The quantitative estimate of drug-likeness (QED) is 0.546. The molecule has 4 aromatic rings. The van der Waals surface area contributed by atoms with Crippen LogP contribution in [0.5, 0.6) is 0 Å². The third kappa shape index (κ3) is 3.17. The lowest BCUT2D eigenvalue weighted by Gasteiger charge is -2.34. The second-order valence-electron chi connectivity index (χ2n) is 7.86. The predicted molar refractivity (Wildman–Crippen MR) is 112 cm³/mol. The lowest BCUT2D eigenvalue weighted by Crippen LogP contribution is -2.28. The molecular weight excluding hydrogens is 392 g/mol. The molecule has 0 radical (unpaired) electrons. The van der Waals surface area contributed by atoms with Gasteiger partial charge in [-0.05, 0) is 44.4 Å². The van der Waals surface area contributed by atoms with Gasteiger partial charge in [-0.1, -0.05) is 6.07 Å². The van der Waals surface area contributed by atoms with E-state index in [0.29, 0.717) is 11.5 Å². The molecule has 0 saturated heterocycles. The number of fused-ring (bicyclic) bond motifs is 1. The minimum absolute atomic E-state index is 0.0183. The van der Waals surface area contributed by atoms with Gasteiger partial charge in [-0.3, -0.25) is 9.78 Å². The zero-order valence-corrected chi connectivity index (χ0v) is 17.1. The molecule has 5 rings (SSSR count). The molecule has 154 valence electrons. The van der Waals surface area contributed by atoms with Crippen molar-refractivity contribution in [2.45, 2.75) is 44.6 Å². The first kappa shape index (κ1) is 19.1. The van der Waals surface area contributed by atoms with Gasteiger partial charge in [0.2, 0.25) is 0 Å². The van der Waals surface area contributed by atoms with Crippen LogP contribution >= 0.6 is 0 Å². The fourth-order valence-electron chi connectivity index (χ4n) is 4.09. The van der Waals surface area contributed by atoms with Crippen molar-refractivity contribution in [1.29, 1.82) is 5.26 Å². The summed E-state index contributed by atoms with van der Waals surface area (Å²) in [7, 11) is 0. The fourth-order valence-corrected chi connectivity index (χ4v) is 4.09. The first-order chi connectivity index (χ1) is 15.1. The maximum absolute atomic E-state index is 12.9. The van der Waals surface area contributed by atoms with Crippen molar-refractivity contribution < 1.29 is 0 Å². The summed E-state index contributed by atoms with van der Waals surface area (Å²) >= 11 is 0. The van der Waals surface area contributed by atoms with E-state index >= 15 is 0 Å². The lowest BCUT2D eigenvalue weighted by atomic mass is 9.72. The average Bonchev–Trinajstić information content (AvgIpc) is 3.13. The van der Waals surface area contributed by atoms with Crippen molar-refractivity contribution >= 4 is 11.0 Å². The van der Waals surface area contributed by atoms with Gasteiger partial charge in [0.1, 0.15) is 23.1 Å².